The lowest BCUT2D eigenvalue weighted by Gasteiger charge is -2.04. The molecule has 0 atom stereocenters. The summed E-state index contributed by atoms with van der Waals surface area (Å²) < 4.78 is 23.4. The van der Waals surface area contributed by atoms with Crippen molar-refractivity contribution in [2.75, 3.05) is 0 Å². The van der Waals surface area contributed by atoms with Gasteiger partial charge in [0.2, 0.25) is 0 Å². The molecule has 0 heterocycles. The largest absolute Gasteiger partial charge is 0.302 e. The molecule has 1 nitrogen and oxygen atoms in total. The van der Waals surface area contributed by atoms with Gasteiger partial charge in [-0.1, -0.05) is 0 Å². The van der Waals surface area contributed by atoms with Crippen LogP contribution in [-0.2, 0) is 0 Å². The molecule has 2 N–H and O–H groups in total. The highest BCUT2D eigenvalue weighted by molar-refractivity contribution is 4.82. The topological polar surface area (TPSA) is 26.0 Å². The van der Waals surface area contributed by atoms with Crippen LogP contribution in [0.1, 0.15) is 12.8 Å². The summed E-state index contributed by atoms with van der Waals surface area (Å²) in [5.41, 5.74) is 4.41. The van der Waals surface area contributed by atoms with Gasteiger partial charge in [-0.2, -0.15) is 8.78 Å². The number of hydrogen-bond donors (Lipinski definition) is 1. The third-order valence-electron chi connectivity index (χ3n) is 1.12. The molecule has 0 aromatic rings. The molecule has 1 rings (SSSR count). The summed E-state index contributed by atoms with van der Waals surface area (Å²) in [6.45, 7) is 0. The average Bonchev–Trinajstić information content (AvgIpc) is 1.99. The van der Waals surface area contributed by atoms with Crippen molar-refractivity contribution in [3.05, 3.63) is 0 Å². The predicted molar refractivity (Wildman–Crippen MR) is 21.9 cm³/mol. The second-order valence-corrected chi connectivity index (χ2v) is 1.95. The summed E-state index contributed by atoms with van der Waals surface area (Å²) in [5, 5.41) is 0. The van der Waals surface area contributed by atoms with E-state index in [1.807, 2.05) is 0 Å². The minimum atomic E-state index is -2.89. The standard InChI is InChI=1S/C4H7F2N/c5-4(6,7)3-1-2-3/h3H,1-2,7H2. The lowest BCUT2D eigenvalue weighted by Crippen LogP contribution is -2.30. The Balaban J connectivity index is 2.36. The molecule has 0 spiro atoms. The van der Waals surface area contributed by atoms with Gasteiger partial charge in [-0.05, 0) is 12.8 Å². The number of hydrogen-bond acceptors (Lipinski definition) is 1. The smallest absolute Gasteiger partial charge is 0.272 e. The fourth-order valence-electron chi connectivity index (χ4n) is 0.468. The van der Waals surface area contributed by atoms with E-state index in [9.17, 15) is 8.78 Å². The van der Waals surface area contributed by atoms with Crippen LogP contribution in [0.25, 0.3) is 0 Å². The van der Waals surface area contributed by atoms with Gasteiger partial charge in [-0.25, -0.2) is 0 Å². The highest BCUT2D eigenvalue weighted by Crippen LogP contribution is 2.39. The van der Waals surface area contributed by atoms with Gasteiger partial charge in [-0.15, -0.1) is 0 Å². The van der Waals surface area contributed by atoms with Crippen molar-refractivity contribution in [1.29, 1.82) is 0 Å². The molecule has 1 aliphatic carbocycles. The van der Waals surface area contributed by atoms with E-state index in [0.29, 0.717) is 12.8 Å². The highest BCUT2D eigenvalue weighted by atomic mass is 19.3. The molecular formula is C4H7F2N. The molecule has 0 aromatic heterocycles. The van der Waals surface area contributed by atoms with Gasteiger partial charge in [0.15, 0.2) is 0 Å². The molecule has 0 unspecified atom stereocenters. The van der Waals surface area contributed by atoms with Gasteiger partial charge >= 0.3 is 6.05 Å². The minimum Gasteiger partial charge on any atom is -0.272 e. The number of alkyl halides is 2. The summed E-state index contributed by atoms with van der Waals surface area (Å²) in [6, 6.07) is -2.89. The Hall–Kier alpha value is -0.180. The summed E-state index contributed by atoms with van der Waals surface area (Å²) >= 11 is 0. The maximum atomic E-state index is 11.7. The van der Waals surface area contributed by atoms with Crippen molar-refractivity contribution >= 4 is 0 Å². The van der Waals surface area contributed by atoms with Gasteiger partial charge in [0.1, 0.15) is 0 Å². The molecule has 0 bridgehead atoms. The first-order valence-electron chi connectivity index (χ1n) is 2.27. The Kier molecular flexibility index (Phi) is 0.819. The Morgan fingerprint density at radius 3 is 1.86 bits per heavy atom. The molecule has 1 aliphatic rings. The number of halogens is 2. The van der Waals surface area contributed by atoms with Crippen molar-refractivity contribution in [1.82, 2.24) is 0 Å². The maximum Gasteiger partial charge on any atom is 0.302 e. The van der Waals surface area contributed by atoms with E-state index in [0.717, 1.165) is 0 Å². The van der Waals surface area contributed by atoms with Crippen LogP contribution in [0.15, 0.2) is 0 Å². The Bertz CT molecular complexity index is 72.2. The minimum absolute atomic E-state index is 0.507. The van der Waals surface area contributed by atoms with Gasteiger partial charge in [0, 0.05) is 5.92 Å². The van der Waals surface area contributed by atoms with Crippen LogP contribution in [0.4, 0.5) is 8.78 Å². The van der Waals surface area contributed by atoms with Crippen LogP contribution in [0.5, 0.6) is 0 Å². The zero-order valence-corrected chi connectivity index (χ0v) is 3.82. The maximum absolute atomic E-state index is 11.7. The Morgan fingerprint density at radius 2 is 1.86 bits per heavy atom. The van der Waals surface area contributed by atoms with Crippen LogP contribution in [0, 0.1) is 5.92 Å². The van der Waals surface area contributed by atoms with Crippen molar-refractivity contribution < 1.29 is 8.78 Å². The normalized spacial score (nSPS) is 22.7. The van der Waals surface area contributed by atoms with E-state index in [-0.39, 0.29) is 0 Å². The summed E-state index contributed by atoms with van der Waals surface area (Å²) in [4.78, 5) is 0. The molecule has 0 amide bonds. The van der Waals surface area contributed by atoms with Gasteiger partial charge in [0.05, 0.1) is 0 Å². The van der Waals surface area contributed by atoms with E-state index in [2.05, 4.69) is 5.73 Å². The first-order valence-corrected chi connectivity index (χ1v) is 2.27. The van der Waals surface area contributed by atoms with E-state index < -0.39 is 12.0 Å². The van der Waals surface area contributed by atoms with Crippen molar-refractivity contribution in [2.24, 2.45) is 11.7 Å². The second kappa shape index (κ2) is 1.15. The Morgan fingerprint density at radius 1 is 1.43 bits per heavy atom. The van der Waals surface area contributed by atoms with Gasteiger partial charge in [0.25, 0.3) is 0 Å². The first-order chi connectivity index (χ1) is 3.11. The van der Waals surface area contributed by atoms with Crippen molar-refractivity contribution in [2.45, 2.75) is 18.9 Å². The third kappa shape index (κ3) is 1.09. The molecule has 0 aliphatic heterocycles. The predicted octanol–water partition coefficient (Wildman–Crippen LogP) is 0.948. The lowest BCUT2D eigenvalue weighted by molar-refractivity contribution is -0.0155. The molecular weight excluding hydrogens is 100 g/mol. The van der Waals surface area contributed by atoms with Gasteiger partial charge < -0.3 is 0 Å². The van der Waals surface area contributed by atoms with Crippen LogP contribution < -0.4 is 5.73 Å². The van der Waals surface area contributed by atoms with E-state index >= 15 is 0 Å². The SMILES string of the molecule is NC(F)(F)C1CC1. The lowest BCUT2D eigenvalue weighted by atomic mass is 10.4. The average molecular weight is 107 g/mol. The quantitative estimate of drug-likeness (QED) is 0.496. The Labute approximate surface area is 40.5 Å². The third-order valence-corrected chi connectivity index (χ3v) is 1.12. The molecule has 0 radical (unpaired) electrons. The molecule has 3 heteroatoms. The fourth-order valence-corrected chi connectivity index (χ4v) is 0.468. The zero-order valence-electron chi connectivity index (χ0n) is 3.82. The van der Waals surface area contributed by atoms with Crippen LogP contribution in [0.3, 0.4) is 0 Å². The van der Waals surface area contributed by atoms with Crippen LogP contribution >= 0.6 is 0 Å². The van der Waals surface area contributed by atoms with Crippen molar-refractivity contribution in [3.8, 4) is 0 Å². The van der Waals surface area contributed by atoms with E-state index in [4.69, 9.17) is 0 Å². The molecule has 1 saturated carbocycles. The molecule has 7 heavy (non-hydrogen) atoms. The summed E-state index contributed by atoms with van der Waals surface area (Å²) in [6.07, 6.45) is 1.20. The van der Waals surface area contributed by atoms with Crippen LogP contribution in [-0.4, -0.2) is 6.05 Å². The number of nitrogens with two attached hydrogens (primary N) is 1. The van der Waals surface area contributed by atoms with Crippen LogP contribution in [0.2, 0.25) is 0 Å². The fraction of sp³-hybridized carbons (Fsp3) is 1.00. The molecule has 0 saturated heterocycles. The van der Waals surface area contributed by atoms with Crippen molar-refractivity contribution in [3.63, 3.8) is 0 Å². The van der Waals surface area contributed by atoms with E-state index in [1.54, 1.807) is 0 Å². The van der Waals surface area contributed by atoms with Gasteiger partial charge in [-0.3, -0.25) is 5.73 Å². The highest BCUT2D eigenvalue weighted by Gasteiger charge is 2.42. The second-order valence-electron chi connectivity index (χ2n) is 1.95. The summed E-state index contributed by atoms with van der Waals surface area (Å²) in [5.74, 6) is -0.507. The first kappa shape index (κ1) is 4.97. The molecule has 1 fully saturated rings. The van der Waals surface area contributed by atoms with E-state index in [1.165, 1.54) is 0 Å². The zero-order chi connectivity index (χ0) is 5.49. The monoisotopic (exact) mass is 107 g/mol. The molecule has 42 valence electrons. The molecule has 0 aromatic carbocycles. The number of rotatable bonds is 1. The summed E-state index contributed by atoms with van der Waals surface area (Å²) in [7, 11) is 0.